The van der Waals surface area contributed by atoms with Crippen LogP contribution in [-0.4, -0.2) is 38.6 Å². The summed E-state index contributed by atoms with van der Waals surface area (Å²) in [5.74, 6) is 1.15. The molecule has 6 nitrogen and oxygen atoms in total. The van der Waals surface area contributed by atoms with Crippen molar-refractivity contribution in [1.29, 1.82) is 0 Å². The average Bonchev–Trinajstić information content (AvgIpc) is 2.76. The second kappa shape index (κ2) is 10.1. The molecule has 0 aliphatic rings. The molecule has 0 fully saturated rings. The summed E-state index contributed by atoms with van der Waals surface area (Å²) in [4.78, 5) is 24.2. The lowest BCUT2D eigenvalue weighted by Crippen LogP contribution is -2.32. The zero-order valence-corrected chi connectivity index (χ0v) is 16.3. The monoisotopic (exact) mass is 392 g/mol. The first-order valence-electron chi connectivity index (χ1n) is 9.46. The van der Waals surface area contributed by atoms with Crippen LogP contribution in [0.25, 0.3) is 10.8 Å². The Morgan fingerprint density at radius 3 is 2.31 bits per heavy atom. The molecular weight excluding hydrogens is 368 g/mol. The molecule has 29 heavy (non-hydrogen) atoms. The highest BCUT2D eigenvalue weighted by Crippen LogP contribution is 2.17. The van der Waals surface area contributed by atoms with E-state index >= 15 is 0 Å². The third-order valence-corrected chi connectivity index (χ3v) is 4.40. The Balaban J connectivity index is 1.34. The van der Waals surface area contributed by atoms with Gasteiger partial charge in [-0.05, 0) is 47.2 Å². The molecule has 0 aliphatic heterocycles. The summed E-state index contributed by atoms with van der Waals surface area (Å²) < 4.78 is 10.6. The molecule has 3 aromatic carbocycles. The molecule has 2 amide bonds. The molecule has 0 bridgehead atoms. The number of hydrogen-bond acceptors (Lipinski definition) is 4. The number of fused-ring (bicyclic) bond motifs is 1. The van der Waals surface area contributed by atoms with Crippen LogP contribution in [0.1, 0.15) is 16.8 Å². The van der Waals surface area contributed by atoms with Crippen LogP contribution in [0, 0.1) is 0 Å². The van der Waals surface area contributed by atoms with Gasteiger partial charge in [0.25, 0.3) is 5.91 Å². The van der Waals surface area contributed by atoms with Gasteiger partial charge in [-0.3, -0.25) is 9.59 Å². The van der Waals surface area contributed by atoms with Crippen molar-refractivity contribution in [2.45, 2.75) is 6.42 Å². The van der Waals surface area contributed by atoms with E-state index in [-0.39, 0.29) is 24.8 Å². The average molecular weight is 392 g/mol. The predicted molar refractivity (Wildman–Crippen MR) is 112 cm³/mol. The van der Waals surface area contributed by atoms with Gasteiger partial charge in [-0.15, -0.1) is 0 Å². The molecular formula is C23H24N2O4. The van der Waals surface area contributed by atoms with E-state index in [1.807, 2.05) is 60.7 Å². The molecule has 0 unspecified atom stereocenters. The number of ether oxygens (including phenoxy) is 2. The molecule has 3 aromatic rings. The maximum absolute atomic E-state index is 12.3. The fraction of sp³-hybridized carbons (Fsp3) is 0.217. The van der Waals surface area contributed by atoms with E-state index in [0.717, 1.165) is 16.5 Å². The highest BCUT2D eigenvalue weighted by Gasteiger charge is 2.07. The minimum absolute atomic E-state index is 0.137. The van der Waals surface area contributed by atoms with Gasteiger partial charge >= 0.3 is 0 Å². The van der Waals surface area contributed by atoms with Crippen LogP contribution in [0.2, 0.25) is 0 Å². The third-order valence-electron chi connectivity index (χ3n) is 4.40. The van der Waals surface area contributed by atoms with Crippen LogP contribution in [0.4, 0.5) is 0 Å². The Labute approximate surface area is 169 Å². The molecule has 0 aliphatic carbocycles. The lowest BCUT2D eigenvalue weighted by Gasteiger charge is -2.09. The molecule has 0 radical (unpaired) electrons. The molecule has 0 aromatic heterocycles. The molecule has 0 heterocycles. The van der Waals surface area contributed by atoms with Crippen molar-refractivity contribution in [1.82, 2.24) is 10.6 Å². The zero-order valence-electron chi connectivity index (χ0n) is 16.3. The highest BCUT2D eigenvalue weighted by atomic mass is 16.5. The van der Waals surface area contributed by atoms with E-state index in [4.69, 9.17) is 9.47 Å². The van der Waals surface area contributed by atoms with Gasteiger partial charge in [-0.2, -0.15) is 0 Å². The predicted octanol–water partition coefficient (Wildman–Crippen LogP) is 3.16. The highest BCUT2D eigenvalue weighted by molar-refractivity contribution is 5.98. The normalized spacial score (nSPS) is 10.4. The van der Waals surface area contributed by atoms with Gasteiger partial charge in [-0.25, -0.2) is 0 Å². The van der Waals surface area contributed by atoms with E-state index in [9.17, 15) is 9.59 Å². The van der Waals surface area contributed by atoms with E-state index in [1.165, 1.54) is 0 Å². The second-order valence-corrected chi connectivity index (χ2v) is 6.44. The number of rotatable bonds is 9. The number of methoxy groups -OCH3 is 1. The minimum Gasteiger partial charge on any atom is -0.497 e. The molecule has 6 heteroatoms. The fourth-order valence-electron chi connectivity index (χ4n) is 2.84. The van der Waals surface area contributed by atoms with Crippen molar-refractivity contribution < 1.29 is 19.1 Å². The SMILES string of the molecule is COc1ccc(OCCNC(=O)CCNC(=O)c2ccc3ccccc3c2)cc1. The Kier molecular flexibility index (Phi) is 7.05. The molecule has 2 N–H and O–H groups in total. The van der Waals surface area contributed by atoms with E-state index in [2.05, 4.69) is 10.6 Å². The van der Waals surface area contributed by atoms with Gasteiger partial charge < -0.3 is 20.1 Å². The Bertz CT molecular complexity index is 970. The van der Waals surface area contributed by atoms with Gasteiger partial charge in [0.1, 0.15) is 18.1 Å². The van der Waals surface area contributed by atoms with E-state index < -0.39 is 0 Å². The number of nitrogens with one attached hydrogen (secondary N) is 2. The van der Waals surface area contributed by atoms with Crippen LogP contribution < -0.4 is 20.1 Å². The summed E-state index contributed by atoms with van der Waals surface area (Å²) in [6.45, 7) is 1.03. The van der Waals surface area contributed by atoms with Gasteiger partial charge in [-0.1, -0.05) is 30.3 Å². The second-order valence-electron chi connectivity index (χ2n) is 6.44. The van der Waals surface area contributed by atoms with Gasteiger partial charge in [0.15, 0.2) is 0 Å². The van der Waals surface area contributed by atoms with E-state index in [1.54, 1.807) is 13.2 Å². The lowest BCUT2D eigenvalue weighted by atomic mass is 10.1. The van der Waals surface area contributed by atoms with Crippen molar-refractivity contribution in [2.75, 3.05) is 26.8 Å². The molecule has 0 atom stereocenters. The maximum Gasteiger partial charge on any atom is 0.251 e. The van der Waals surface area contributed by atoms with Crippen molar-refractivity contribution in [3.63, 3.8) is 0 Å². The van der Waals surface area contributed by atoms with E-state index in [0.29, 0.717) is 24.5 Å². The maximum atomic E-state index is 12.3. The van der Waals surface area contributed by atoms with Crippen LogP contribution in [0.3, 0.4) is 0 Å². The molecule has 0 saturated heterocycles. The van der Waals surface area contributed by atoms with Crippen LogP contribution in [0.15, 0.2) is 66.7 Å². The van der Waals surface area contributed by atoms with Crippen molar-refractivity contribution in [3.05, 3.63) is 72.3 Å². The molecule has 150 valence electrons. The third kappa shape index (κ3) is 5.97. The van der Waals surface area contributed by atoms with Gasteiger partial charge in [0.05, 0.1) is 13.7 Å². The summed E-state index contributed by atoms with van der Waals surface area (Å²) in [7, 11) is 1.61. The first kappa shape index (κ1) is 20.2. The number of carbonyl (C=O) groups excluding carboxylic acids is 2. The number of amides is 2. The lowest BCUT2D eigenvalue weighted by molar-refractivity contribution is -0.121. The van der Waals surface area contributed by atoms with Crippen molar-refractivity contribution in [2.24, 2.45) is 0 Å². The number of hydrogen-bond donors (Lipinski definition) is 2. The van der Waals surface area contributed by atoms with Gasteiger partial charge in [0.2, 0.25) is 5.91 Å². The fourth-order valence-corrected chi connectivity index (χ4v) is 2.84. The minimum atomic E-state index is -0.189. The quantitative estimate of drug-likeness (QED) is 0.549. The summed E-state index contributed by atoms with van der Waals surface area (Å²) in [6, 6.07) is 20.7. The summed E-state index contributed by atoms with van der Waals surface area (Å²) in [5, 5.41) is 7.64. The number of benzene rings is 3. The van der Waals surface area contributed by atoms with Crippen molar-refractivity contribution >= 4 is 22.6 Å². The molecule has 3 rings (SSSR count). The standard InChI is InChI=1S/C23H24N2O4/c1-28-20-8-10-21(11-9-20)29-15-14-24-22(26)12-13-25-23(27)19-7-6-17-4-2-3-5-18(17)16-19/h2-11,16H,12-15H2,1H3,(H,24,26)(H,25,27). The smallest absolute Gasteiger partial charge is 0.251 e. The Hall–Kier alpha value is -3.54. The first-order valence-corrected chi connectivity index (χ1v) is 9.46. The summed E-state index contributed by atoms with van der Waals surface area (Å²) in [5.41, 5.74) is 0.581. The topological polar surface area (TPSA) is 76.7 Å². The van der Waals surface area contributed by atoms with Crippen molar-refractivity contribution in [3.8, 4) is 11.5 Å². The van der Waals surface area contributed by atoms with Crippen LogP contribution >= 0.6 is 0 Å². The van der Waals surface area contributed by atoms with Gasteiger partial charge in [0, 0.05) is 18.5 Å². The Morgan fingerprint density at radius 2 is 1.55 bits per heavy atom. The zero-order chi connectivity index (χ0) is 20.5. The first-order chi connectivity index (χ1) is 14.2. The molecule has 0 spiro atoms. The Morgan fingerprint density at radius 1 is 0.828 bits per heavy atom. The number of carbonyl (C=O) groups is 2. The molecule has 0 saturated carbocycles. The summed E-state index contributed by atoms with van der Waals surface area (Å²) in [6.07, 6.45) is 0.210. The largest absolute Gasteiger partial charge is 0.497 e. The van der Waals surface area contributed by atoms with Crippen LogP contribution in [-0.2, 0) is 4.79 Å². The van der Waals surface area contributed by atoms with Crippen LogP contribution in [0.5, 0.6) is 11.5 Å². The summed E-state index contributed by atoms with van der Waals surface area (Å²) >= 11 is 0.